The Morgan fingerprint density at radius 1 is 1.12 bits per heavy atom. The molecule has 1 fully saturated rings. The highest BCUT2D eigenvalue weighted by atomic mass is 16.2. The fourth-order valence-electron chi connectivity index (χ4n) is 2.63. The van der Waals surface area contributed by atoms with E-state index in [1.807, 2.05) is 13.8 Å². The first-order chi connectivity index (χ1) is 11.5. The van der Waals surface area contributed by atoms with Crippen molar-refractivity contribution in [3.05, 3.63) is 24.3 Å². The van der Waals surface area contributed by atoms with Gasteiger partial charge >= 0.3 is 6.03 Å². The highest BCUT2D eigenvalue weighted by Gasteiger charge is 2.28. The highest BCUT2D eigenvalue weighted by Crippen LogP contribution is 2.16. The lowest BCUT2D eigenvalue weighted by molar-refractivity contribution is -0.117. The number of nitrogens with one attached hydrogen (secondary N) is 5. The Hall–Kier alpha value is -2.12. The van der Waals surface area contributed by atoms with Crippen molar-refractivity contribution < 1.29 is 9.59 Å². The van der Waals surface area contributed by atoms with Gasteiger partial charge in [-0.2, -0.15) is 0 Å². The van der Waals surface area contributed by atoms with Gasteiger partial charge in [-0.15, -0.1) is 0 Å². The first-order valence-electron chi connectivity index (χ1n) is 8.47. The molecule has 1 heterocycles. The second-order valence-corrected chi connectivity index (χ2v) is 6.38. The molecule has 3 amide bonds. The summed E-state index contributed by atoms with van der Waals surface area (Å²) in [6.45, 7) is 5.93. The van der Waals surface area contributed by atoms with Crippen molar-refractivity contribution in [1.29, 1.82) is 0 Å². The number of amides is 3. The van der Waals surface area contributed by atoms with Crippen molar-refractivity contribution in [2.24, 2.45) is 0 Å². The van der Waals surface area contributed by atoms with E-state index in [1.165, 1.54) is 0 Å². The minimum atomic E-state index is -0.245. The van der Waals surface area contributed by atoms with Crippen molar-refractivity contribution in [1.82, 2.24) is 16.2 Å². The average molecular weight is 333 g/mol. The van der Waals surface area contributed by atoms with Gasteiger partial charge < -0.3 is 16.0 Å². The number of hydrazine groups is 1. The van der Waals surface area contributed by atoms with E-state index in [1.54, 1.807) is 24.3 Å². The fraction of sp³-hybridized carbons (Fsp3) is 0.529. The lowest BCUT2D eigenvalue weighted by atomic mass is 10.1. The van der Waals surface area contributed by atoms with Crippen LogP contribution in [0.25, 0.3) is 0 Å². The lowest BCUT2D eigenvalue weighted by Gasteiger charge is -2.12. The molecule has 0 saturated carbocycles. The largest absolute Gasteiger partial charge is 0.336 e. The number of hydrogen-bond acceptors (Lipinski definition) is 4. The van der Waals surface area contributed by atoms with Crippen LogP contribution in [0.2, 0.25) is 0 Å². The number of carbonyl (C=O) groups is 2. The van der Waals surface area contributed by atoms with Crippen LogP contribution in [0.1, 0.15) is 40.0 Å². The number of hydrogen-bond donors (Lipinski definition) is 5. The van der Waals surface area contributed by atoms with E-state index in [0.29, 0.717) is 17.4 Å². The van der Waals surface area contributed by atoms with E-state index in [0.717, 1.165) is 19.3 Å². The summed E-state index contributed by atoms with van der Waals surface area (Å²) in [6.07, 6.45) is 2.93. The Balaban J connectivity index is 1.83. The van der Waals surface area contributed by atoms with Crippen LogP contribution in [0, 0.1) is 0 Å². The Bertz CT molecular complexity index is 559. The van der Waals surface area contributed by atoms with Gasteiger partial charge in [0.25, 0.3) is 0 Å². The summed E-state index contributed by atoms with van der Waals surface area (Å²) in [5, 5.41) is 8.39. The molecule has 0 aromatic heterocycles. The van der Waals surface area contributed by atoms with Crippen LogP contribution in [0.3, 0.4) is 0 Å². The summed E-state index contributed by atoms with van der Waals surface area (Å²) in [7, 11) is 0. The first kappa shape index (κ1) is 18.2. The maximum absolute atomic E-state index is 12.3. The highest BCUT2D eigenvalue weighted by molar-refractivity contribution is 5.95. The van der Waals surface area contributed by atoms with Gasteiger partial charge in [-0.05, 0) is 51.0 Å². The molecule has 0 aliphatic carbocycles. The Morgan fingerprint density at radius 3 is 2.33 bits per heavy atom. The van der Waals surface area contributed by atoms with Crippen molar-refractivity contribution in [3.8, 4) is 0 Å². The van der Waals surface area contributed by atoms with E-state index >= 15 is 0 Å². The van der Waals surface area contributed by atoms with Gasteiger partial charge in [-0.1, -0.05) is 13.3 Å². The average Bonchev–Trinajstić information content (AvgIpc) is 2.97. The Labute approximate surface area is 142 Å². The summed E-state index contributed by atoms with van der Waals surface area (Å²) in [6, 6.07) is 7.01. The standard InChI is InChI=1S/C17H27N5O2/c1-4-5-14-10-15(22-21-14)16(23)19-12-6-8-13(9-7-12)20-17(24)18-11(2)3/h6-9,11,14-15,21-22H,4-5,10H2,1-3H3,(H,19,23)(H2,18,20,24). The molecule has 0 bridgehead atoms. The summed E-state index contributed by atoms with van der Waals surface area (Å²) < 4.78 is 0. The molecule has 1 aliphatic rings. The zero-order valence-corrected chi connectivity index (χ0v) is 14.5. The Kier molecular flexibility index (Phi) is 6.57. The van der Waals surface area contributed by atoms with Crippen molar-refractivity contribution in [3.63, 3.8) is 0 Å². The molecule has 1 aromatic carbocycles. The van der Waals surface area contributed by atoms with Crippen molar-refractivity contribution in [2.75, 3.05) is 10.6 Å². The molecule has 24 heavy (non-hydrogen) atoms. The van der Waals surface area contributed by atoms with Crippen molar-refractivity contribution >= 4 is 23.3 Å². The zero-order chi connectivity index (χ0) is 17.5. The summed E-state index contributed by atoms with van der Waals surface area (Å²) >= 11 is 0. The number of rotatable bonds is 6. The van der Waals surface area contributed by atoms with Gasteiger partial charge in [0.2, 0.25) is 5.91 Å². The SMILES string of the molecule is CCCC1CC(C(=O)Nc2ccc(NC(=O)NC(C)C)cc2)NN1. The lowest BCUT2D eigenvalue weighted by Crippen LogP contribution is -2.40. The molecule has 1 saturated heterocycles. The van der Waals surface area contributed by atoms with Crippen LogP contribution in [0.15, 0.2) is 24.3 Å². The second kappa shape index (κ2) is 8.65. The maximum Gasteiger partial charge on any atom is 0.319 e. The molecule has 0 spiro atoms. The van der Waals surface area contributed by atoms with Crippen LogP contribution in [-0.2, 0) is 4.79 Å². The number of anilines is 2. The second-order valence-electron chi connectivity index (χ2n) is 6.38. The first-order valence-corrected chi connectivity index (χ1v) is 8.47. The molecular weight excluding hydrogens is 306 g/mol. The van der Waals surface area contributed by atoms with E-state index in [2.05, 4.69) is 33.7 Å². The normalized spacial score (nSPS) is 20.0. The van der Waals surface area contributed by atoms with Crippen molar-refractivity contribution in [2.45, 2.75) is 58.2 Å². The van der Waals surface area contributed by atoms with Crippen LogP contribution in [-0.4, -0.2) is 30.1 Å². The van der Waals surface area contributed by atoms with Crippen LogP contribution in [0.5, 0.6) is 0 Å². The van der Waals surface area contributed by atoms with Gasteiger partial charge in [0, 0.05) is 23.5 Å². The van der Waals surface area contributed by atoms with E-state index in [4.69, 9.17) is 0 Å². The summed E-state index contributed by atoms with van der Waals surface area (Å²) in [5.74, 6) is -0.0561. The van der Waals surface area contributed by atoms with Crippen LogP contribution < -0.4 is 26.8 Å². The number of benzene rings is 1. The van der Waals surface area contributed by atoms with E-state index in [-0.39, 0.29) is 24.0 Å². The Morgan fingerprint density at radius 2 is 1.75 bits per heavy atom. The fourth-order valence-corrected chi connectivity index (χ4v) is 2.63. The molecule has 2 unspecified atom stereocenters. The minimum absolute atomic E-state index is 0.0561. The summed E-state index contributed by atoms with van der Waals surface area (Å²) in [5.41, 5.74) is 7.58. The molecule has 132 valence electrons. The van der Waals surface area contributed by atoms with E-state index < -0.39 is 0 Å². The van der Waals surface area contributed by atoms with Gasteiger partial charge in [0.05, 0.1) is 0 Å². The van der Waals surface area contributed by atoms with E-state index in [9.17, 15) is 9.59 Å². The zero-order valence-electron chi connectivity index (χ0n) is 14.5. The molecular formula is C17H27N5O2. The molecule has 1 aromatic rings. The predicted octanol–water partition coefficient (Wildman–Crippen LogP) is 2.19. The third-order valence-corrected chi connectivity index (χ3v) is 3.77. The van der Waals surface area contributed by atoms with Crippen LogP contribution in [0.4, 0.5) is 16.2 Å². The molecule has 5 N–H and O–H groups in total. The number of urea groups is 1. The predicted molar refractivity (Wildman–Crippen MR) is 95.7 cm³/mol. The van der Waals surface area contributed by atoms with Crippen LogP contribution >= 0.6 is 0 Å². The number of carbonyl (C=O) groups excluding carboxylic acids is 2. The third-order valence-electron chi connectivity index (χ3n) is 3.77. The summed E-state index contributed by atoms with van der Waals surface area (Å²) in [4.78, 5) is 23.9. The molecule has 2 atom stereocenters. The smallest absolute Gasteiger partial charge is 0.319 e. The molecule has 7 heteroatoms. The maximum atomic E-state index is 12.3. The van der Waals surface area contributed by atoms with Gasteiger partial charge in [-0.3, -0.25) is 10.2 Å². The molecule has 0 radical (unpaired) electrons. The monoisotopic (exact) mass is 333 g/mol. The molecule has 7 nitrogen and oxygen atoms in total. The molecule has 1 aliphatic heterocycles. The van der Waals surface area contributed by atoms with Gasteiger partial charge in [0.1, 0.15) is 6.04 Å². The van der Waals surface area contributed by atoms with Gasteiger partial charge in [-0.25, -0.2) is 10.2 Å². The minimum Gasteiger partial charge on any atom is -0.336 e. The third kappa shape index (κ3) is 5.50. The quantitative estimate of drug-likeness (QED) is 0.551. The molecule has 2 rings (SSSR count). The topological polar surface area (TPSA) is 94.3 Å². The van der Waals surface area contributed by atoms with Gasteiger partial charge in [0.15, 0.2) is 0 Å².